The van der Waals surface area contributed by atoms with Gasteiger partial charge in [-0.05, 0) is 81.2 Å². The van der Waals surface area contributed by atoms with E-state index in [0.717, 1.165) is 59.6 Å². The van der Waals surface area contributed by atoms with Gasteiger partial charge < -0.3 is 10.1 Å². The Morgan fingerprint density at radius 3 is 2.71 bits per heavy atom. The predicted molar refractivity (Wildman–Crippen MR) is 126 cm³/mol. The number of rotatable bonds is 8. The highest BCUT2D eigenvalue weighted by Crippen LogP contribution is 2.30. The largest absolute Gasteiger partial charge is 0.351 e. The van der Waals surface area contributed by atoms with Crippen LogP contribution in [0.2, 0.25) is 0 Å². The number of Topliss-reactive ketones (excluding diaryl/α,β-unsaturated/α-hetero) is 1. The van der Waals surface area contributed by atoms with Crippen LogP contribution in [0, 0.1) is 12.8 Å². The van der Waals surface area contributed by atoms with Crippen molar-refractivity contribution in [2.24, 2.45) is 5.92 Å². The fraction of sp³-hybridized carbons (Fsp3) is 0.462. The van der Waals surface area contributed by atoms with E-state index in [1.165, 1.54) is 31.2 Å². The second-order valence-corrected chi connectivity index (χ2v) is 8.97. The fourth-order valence-electron chi connectivity index (χ4n) is 4.62. The number of aromatic nitrogens is 3. The van der Waals surface area contributed by atoms with Gasteiger partial charge in [0, 0.05) is 42.0 Å². The van der Waals surface area contributed by atoms with E-state index >= 15 is 0 Å². The van der Waals surface area contributed by atoms with E-state index in [-0.39, 0.29) is 0 Å². The number of carbonyl (C=O) groups is 1. The van der Waals surface area contributed by atoms with Gasteiger partial charge in [-0.1, -0.05) is 18.9 Å². The summed E-state index contributed by atoms with van der Waals surface area (Å²) in [6, 6.07) is 8.80. The molecule has 3 aromatic rings. The van der Waals surface area contributed by atoms with Crippen molar-refractivity contribution in [1.82, 2.24) is 15.0 Å². The van der Waals surface area contributed by atoms with Gasteiger partial charge in [0.1, 0.15) is 5.78 Å². The molecule has 1 N–H and O–H groups in total. The minimum atomic E-state index is 0.312. The van der Waals surface area contributed by atoms with Crippen molar-refractivity contribution in [3.05, 3.63) is 48.4 Å². The third-order valence-corrected chi connectivity index (χ3v) is 6.50. The van der Waals surface area contributed by atoms with Crippen LogP contribution in [-0.2, 0) is 4.79 Å². The van der Waals surface area contributed by atoms with Gasteiger partial charge in [0.05, 0.1) is 5.52 Å². The summed E-state index contributed by atoms with van der Waals surface area (Å²) in [5.41, 5.74) is 4.46. The van der Waals surface area contributed by atoms with Crippen molar-refractivity contribution >= 4 is 22.6 Å². The second-order valence-electron chi connectivity index (χ2n) is 8.97. The lowest BCUT2D eigenvalue weighted by Gasteiger charge is -2.29. The van der Waals surface area contributed by atoms with Crippen LogP contribution >= 0.6 is 0 Å². The van der Waals surface area contributed by atoms with Gasteiger partial charge in [0.25, 0.3) is 0 Å². The molecule has 0 unspecified atom stereocenters. The summed E-state index contributed by atoms with van der Waals surface area (Å²) >= 11 is 0. The summed E-state index contributed by atoms with van der Waals surface area (Å²) in [4.78, 5) is 24.7. The Kier molecular flexibility index (Phi) is 6.90. The highest BCUT2D eigenvalue weighted by atomic mass is 16.1. The Labute approximate surface area is 184 Å². The van der Waals surface area contributed by atoms with E-state index in [1.54, 1.807) is 6.92 Å². The van der Waals surface area contributed by atoms with Crippen LogP contribution in [0.4, 0.5) is 5.95 Å². The van der Waals surface area contributed by atoms with E-state index in [1.807, 2.05) is 24.7 Å². The lowest BCUT2D eigenvalue weighted by atomic mass is 9.83. The number of unbranched alkanes of at least 4 members (excludes halogenated alkanes) is 1. The average Bonchev–Trinajstić information content (AvgIpc) is 2.78. The molecule has 1 aliphatic carbocycles. The molecule has 1 saturated carbocycles. The number of aryl methyl sites for hydroxylation is 1. The van der Waals surface area contributed by atoms with E-state index in [2.05, 4.69) is 40.4 Å². The molecule has 2 heterocycles. The van der Waals surface area contributed by atoms with E-state index in [4.69, 9.17) is 4.98 Å². The molecule has 0 bridgehead atoms. The van der Waals surface area contributed by atoms with Crippen LogP contribution in [0.25, 0.3) is 22.0 Å². The molecule has 2 aromatic heterocycles. The second kappa shape index (κ2) is 9.99. The molecule has 0 spiro atoms. The van der Waals surface area contributed by atoms with Gasteiger partial charge in [-0.15, -0.1) is 0 Å². The fourth-order valence-corrected chi connectivity index (χ4v) is 4.62. The van der Waals surface area contributed by atoms with Crippen molar-refractivity contribution < 1.29 is 4.79 Å². The van der Waals surface area contributed by atoms with Crippen LogP contribution in [0.15, 0.2) is 42.9 Å². The first-order valence-corrected chi connectivity index (χ1v) is 11.5. The molecule has 162 valence electrons. The lowest BCUT2D eigenvalue weighted by molar-refractivity contribution is -0.117. The quantitative estimate of drug-likeness (QED) is 0.448. The number of anilines is 1. The normalized spacial score (nSPS) is 18.8. The monoisotopic (exact) mass is 416 g/mol. The Bertz CT molecular complexity index is 1040. The van der Waals surface area contributed by atoms with Crippen molar-refractivity contribution in [2.45, 2.75) is 71.3 Å². The molecule has 0 aliphatic heterocycles. The van der Waals surface area contributed by atoms with Crippen molar-refractivity contribution in [1.29, 1.82) is 0 Å². The minimum Gasteiger partial charge on any atom is -0.351 e. The van der Waals surface area contributed by atoms with Crippen molar-refractivity contribution in [2.75, 3.05) is 5.32 Å². The predicted octanol–water partition coefficient (Wildman–Crippen LogP) is 6.12. The molecule has 0 amide bonds. The van der Waals surface area contributed by atoms with Gasteiger partial charge in [-0.2, -0.15) is 0 Å². The summed E-state index contributed by atoms with van der Waals surface area (Å²) in [6.45, 7) is 3.79. The van der Waals surface area contributed by atoms with Crippen LogP contribution in [-0.4, -0.2) is 26.8 Å². The maximum atomic E-state index is 11.1. The minimum absolute atomic E-state index is 0.312. The third-order valence-electron chi connectivity index (χ3n) is 6.50. The van der Waals surface area contributed by atoms with Gasteiger partial charge in [0.2, 0.25) is 5.95 Å². The Morgan fingerprint density at radius 1 is 1.10 bits per heavy atom. The lowest BCUT2D eigenvalue weighted by Crippen LogP contribution is -2.27. The van der Waals surface area contributed by atoms with E-state index in [0.29, 0.717) is 11.8 Å². The third kappa shape index (κ3) is 5.66. The zero-order chi connectivity index (χ0) is 21.6. The molecular weight excluding hydrogens is 384 g/mol. The van der Waals surface area contributed by atoms with E-state index in [9.17, 15) is 4.79 Å². The van der Waals surface area contributed by atoms with Gasteiger partial charge in [0.15, 0.2) is 0 Å². The molecule has 1 aromatic carbocycles. The molecular formula is C26H32N4O. The summed E-state index contributed by atoms with van der Waals surface area (Å²) in [5, 5.41) is 4.60. The maximum Gasteiger partial charge on any atom is 0.223 e. The average molecular weight is 417 g/mol. The Balaban J connectivity index is 1.33. The summed E-state index contributed by atoms with van der Waals surface area (Å²) in [7, 11) is 0. The summed E-state index contributed by atoms with van der Waals surface area (Å²) in [5.74, 6) is 1.84. The zero-order valence-corrected chi connectivity index (χ0v) is 18.6. The molecule has 1 aliphatic rings. The maximum absolute atomic E-state index is 11.1. The summed E-state index contributed by atoms with van der Waals surface area (Å²) < 4.78 is 0. The van der Waals surface area contributed by atoms with Crippen LogP contribution in [0.5, 0.6) is 0 Å². The number of hydrogen-bond acceptors (Lipinski definition) is 5. The molecule has 4 rings (SSSR count). The van der Waals surface area contributed by atoms with Gasteiger partial charge >= 0.3 is 0 Å². The first kappa shape index (κ1) is 21.4. The number of fused-ring (bicyclic) bond motifs is 1. The Hall–Kier alpha value is -2.82. The van der Waals surface area contributed by atoms with Gasteiger partial charge in [-0.3, -0.25) is 4.98 Å². The molecule has 1 fully saturated rings. The SMILES string of the molecule is CC(=O)CCCCC1CCC(Nc2ncc3cc(-c4cnccc4C)ccc3n2)CC1. The molecule has 0 radical (unpaired) electrons. The van der Waals surface area contributed by atoms with Crippen molar-refractivity contribution in [3.63, 3.8) is 0 Å². The molecule has 0 atom stereocenters. The zero-order valence-electron chi connectivity index (χ0n) is 18.6. The number of nitrogens with one attached hydrogen (secondary N) is 1. The molecule has 5 nitrogen and oxygen atoms in total. The number of benzene rings is 1. The van der Waals surface area contributed by atoms with Gasteiger partial charge in [-0.25, -0.2) is 9.97 Å². The van der Waals surface area contributed by atoms with E-state index < -0.39 is 0 Å². The standard InChI is InChI=1S/C26H32N4O/c1-18-13-14-27-17-24(18)21-9-12-25-22(15-21)16-28-26(30-25)29-23-10-7-20(8-11-23)6-4-3-5-19(2)31/h9,12-17,20,23H,3-8,10-11H2,1-2H3,(H,28,29,30). The van der Waals surface area contributed by atoms with Crippen LogP contribution in [0.3, 0.4) is 0 Å². The van der Waals surface area contributed by atoms with Crippen LogP contribution in [0.1, 0.15) is 63.9 Å². The smallest absolute Gasteiger partial charge is 0.223 e. The summed E-state index contributed by atoms with van der Waals surface area (Å²) in [6.07, 6.45) is 14.7. The highest BCUT2D eigenvalue weighted by molar-refractivity contribution is 5.85. The highest BCUT2D eigenvalue weighted by Gasteiger charge is 2.21. The number of nitrogens with zero attached hydrogens (tertiary/aromatic N) is 3. The number of carbonyl (C=O) groups excluding carboxylic acids is 1. The number of pyridine rings is 1. The first-order valence-electron chi connectivity index (χ1n) is 11.5. The first-order chi connectivity index (χ1) is 15.1. The van der Waals surface area contributed by atoms with Crippen LogP contribution < -0.4 is 5.32 Å². The molecule has 31 heavy (non-hydrogen) atoms. The number of hydrogen-bond donors (Lipinski definition) is 1. The topological polar surface area (TPSA) is 67.8 Å². The van der Waals surface area contributed by atoms with Crippen molar-refractivity contribution in [3.8, 4) is 11.1 Å². The Morgan fingerprint density at radius 2 is 1.94 bits per heavy atom. The number of ketones is 1. The molecule has 5 heteroatoms. The molecule has 0 saturated heterocycles.